The number of carbonyl (C=O) groups excluding carboxylic acids is 1. The first-order valence-corrected chi connectivity index (χ1v) is 5.79. The minimum absolute atomic E-state index is 0.00766. The first kappa shape index (κ1) is 12.4. The molecule has 0 atom stereocenters. The molecule has 1 fully saturated rings. The molecule has 0 radical (unpaired) electrons. The van der Waals surface area contributed by atoms with E-state index in [0.29, 0.717) is 11.5 Å². The summed E-state index contributed by atoms with van der Waals surface area (Å²) in [6, 6.07) is 5.43. The van der Waals surface area contributed by atoms with Gasteiger partial charge in [0.1, 0.15) is 0 Å². The number of ether oxygens (including phenoxy) is 2. The van der Waals surface area contributed by atoms with Gasteiger partial charge in [-0.15, -0.1) is 0 Å². The van der Waals surface area contributed by atoms with Crippen molar-refractivity contribution in [3.63, 3.8) is 0 Å². The Morgan fingerprint density at radius 3 is 2.67 bits per heavy atom. The van der Waals surface area contributed by atoms with Crippen LogP contribution in [0.25, 0.3) is 0 Å². The lowest BCUT2D eigenvalue weighted by Crippen LogP contribution is -2.18. The number of nitrogens with one attached hydrogen (secondary N) is 1. The van der Waals surface area contributed by atoms with E-state index in [2.05, 4.69) is 10.5 Å². The van der Waals surface area contributed by atoms with Crippen LogP contribution >= 0.6 is 0 Å². The highest BCUT2D eigenvalue weighted by atomic mass is 16.5. The second-order valence-electron chi connectivity index (χ2n) is 4.12. The van der Waals surface area contributed by atoms with Crippen LogP contribution < -0.4 is 14.9 Å². The van der Waals surface area contributed by atoms with Crippen LogP contribution in [0.3, 0.4) is 0 Å². The first-order chi connectivity index (χ1) is 8.74. The number of hydrogen-bond donors (Lipinski definition) is 1. The highest BCUT2D eigenvalue weighted by molar-refractivity contribution is 5.84. The smallest absolute Gasteiger partial charge is 0.243 e. The van der Waals surface area contributed by atoms with Crippen LogP contribution in [-0.2, 0) is 4.79 Å². The van der Waals surface area contributed by atoms with Crippen molar-refractivity contribution in [3.8, 4) is 11.5 Å². The maximum absolute atomic E-state index is 11.3. The Kier molecular flexibility index (Phi) is 3.82. The Hall–Kier alpha value is -2.04. The minimum Gasteiger partial charge on any atom is -0.493 e. The molecule has 5 nitrogen and oxygen atoms in total. The fourth-order valence-corrected chi connectivity index (χ4v) is 1.54. The van der Waals surface area contributed by atoms with Crippen LogP contribution in [-0.4, -0.2) is 26.3 Å². The summed E-state index contributed by atoms with van der Waals surface area (Å²) in [5.41, 5.74) is 3.35. The molecular weight excluding hydrogens is 232 g/mol. The van der Waals surface area contributed by atoms with Gasteiger partial charge in [-0.2, -0.15) is 5.10 Å². The highest BCUT2D eigenvalue weighted by Crippen LogP contribution is 2.29. The lowest BCUT2D eigenvalue weighted by Gasteiger charge is -2.07. The predicted molar refractivity (Wildman–Crippen MR) is 68.0 cm³/mol. The van der Waals surface area contributed by atoms with Gasteiger partial charge in [0.2, 0.25) is 5.91 Å². The van der Waals surface area contributed by atoms with Crippen LogP contribution in [0.15, 0.2) is 23.3 Å². The van der Waals surface area contributed by atoms with E-state index in [4.69, 9.17) is 9.47 Å². The fraction of sp³-hybridized carbons (Fsp3) is 0.385. The van der Waals surface area contributed by atoms with E-state index < -0.39 is 0 Å². The van der Waals surface area contributed by atoms with Crippen molar-refractivity contribution in [1.29, 1.82) is 0 Å². The van der Waals surface area contributed by atoms with E-state index in [-0.39, 0.29) is 11.8 Å². The predicted octanol–water partition coefficient (Wildman–Crippen LogP) is 1.56. The number of hydrazone groups is 1. The normalized spacial score (nSPS) is 14.6. The van der Waals surface area contributed by atoms with Crippen molar-refractivity contribution in [1.82, 2.24) is 5.43 Å². The quantitative estimate of drug-likeness (QED) is 0.635. The number of amides is 1. The molecule has 0 bridgehead atoms. The largest absolute Gasteiger partial charge is 0.493 e. The van der Waals surface area contributed by atoms with Gasteiger partial charge in [-0.1, -0.05) is 0 Å². The molecule has 0 unspecified atom stereocenters. The maximum atomic E-state index is 11.3. The Balaban J connectivity index is 1.99. The number of benzene rings is 1. The minimum atomic E-state index is -0.00766. The molecule has 1 aliphatic rings. The summed E-state index contributed by atoms with van der Waals surface area (Å²) in [4.78, 5) is 11.3. The molecule has 1 aromatic carbocycles. The van der Waals surface area contributed by atoms with Gasteiger partial charge in [0.15, 0.2) is 11.5 Å². The topological polar surface area (TPSA) is 59.9 Å². The van der Waals surface area contributed by atoms with E-state index >= 15 is 0 Å². The average Bonchev–Trinajstić information content (AvgIpc) is 3.22. The molecule has 1 aliphatic carbocycles. The monoisotopic (exact) mass is 248 g/mol. The molecule has 2 rings (SSSR count). The Morgan fingerprint density at radius 1 is 1.33 bits per heavy atom. The number of hydrogen-bond acceptors (Lipinski definition) is 4. The highest BCUT2D eigenvalue weighted by Gasteiger charge is 2.29. The van der Waals surface area contributed by atoms with E-state index in [1.54, 1.807) is 32.6 Å². The van der Waals surface area contributed by atoms with Crippen molar-refractivity contribution in [3.05, 3.63) is 23.8 Å². The third-order valence-corrected chi connectivity index (χ3v) is 2.74. The second-order valence-corrected chi connectivity index (χ2v) is 4.12. The number of nitrogens with zero attached hydrogens (tertiary/aromatic N) is 1. The van der Waals surface area contributed by atoms with Gasteiger partial charge in [0, 0.05) is 5.92 Å². The van der Waals surface area contributed by atoms with Crippen LogP contribution in [0.1, 0.15) is 18.4 Å². The zero-order valence-corrected chi connectivity index (χ0v) is 10.5. The summed E-state index contributed by atoms with van der Waals surface area (Å²) in [6.07, 6.45) is 3.53. The summed E-state index contributed by atoms with van der Waals surface area (Å²) in [6.45, 7) is 0. The summed E-state index contributed by atoms with van der Waals surface area (Å²) in [7, 11) is 3.16. The van der Waals surface area contributed by atoms with Gasteiger partial charge in [-0.05, 0) is 36.6 Å². The maximum Gasteiger partial charge on any atom is 0.243 e. The molecule has 0 spiro atoms. The van der Waals surface area contributed by atoms with Gasteiger partial charge in [-0.3, -0.25) is 4.79 Å². The molecule has 1 saturated carbocycles. The van der Waals surface area contributed by atoms with E-state index in [1.807, 2.05) is 6.07 Å². The molecule has 1 amide bonds. The Bertz CT molecular complexity index is 467. The van der Waals surface area contributed by atoms with Gasteiger partial charge < -0.3 is 9.47 Å². The van der Waals surface area contributed by atoms with Gasteiger partial charge in [0.25, 0.3) is 0 Å². The average molecular weight is 248 g/mol. The molecule has 18 heavy (non-hydrogen) atoms. The van der Waals surface area contributed by atoms with Gasteiger partial charge in [-0.25, -0.2) is 5.43 Å². The molecule has 0 saturated heterocycles. The molecule has 96 valence electrons. The summed E-state index contributed by atoms with van der Waals surface area (Å²) in [5, 5.41) is 3.91. The van der Waals surface area contributed by atoms with E-state index in [9.17, 15) is 4.79 Å². The lowest BCUT2D eigenvalue weighted by molar-refractivity contribution is -0.122. The van der Waals surface area contributed by atoms with Gasteiger partial charge >= 0.3 is 0 Å². The van der Waals surface area contributed by atoms with Crippen molar-refractivity contribution < 1.29 is 14.3 Å². The van der Waals surface area contributed by atoms with Crippen molar-refractivity contribution >= 4 is 12.1 Å². The molecule has 5 heteroatoms. The summed E-state index contributed by atoms with van der Waals surface area (Å²) in [5.74, 6) is 1.45. The third kappa shape index (κ3) is 3.00. The van der Waals surface area contributed by atoms with Crippen molar-refractivity contribution in [2.24, 2.45) is 11.0 Å². The van der Waals surface area contributed by atoms with Crippen LogP contribution in [0.2, 0.25) is 0 Å². The molecule has 0 aliphatic heterocycles. The summed E-state index contributed by atoms with van der Waals surface area (Å²) < 4.78 is 10.3. The Labute approximate surface area is 106 Å². The number of rotatable bonds is 5. The standard InChI is InChI=1S/C13H16N2O3/c1-17-11-6-3-9(7-12(11)18-2)8-14-15-13(16)10-4-5-10/h3,6-8,10H,4-5H2,1-2H3,(H,15,16). The summed E-state index contributed by atoms with van der Waals surface area (Å²) >= 11 is 0. The van der Waals surface area contributed by atoms with Crippen LogP contribution in [0.5, 0.6) is 11.5 Å². The zero-order valence-electron chi connectivity index (χ0n) is 10.5. The zero-order chi connectivity index (χ0) is 13.0. The van der Waals surface area contributed by atoms with Crippen molar-refractivity contribution in [2.45, 2.75) is 12.8 Å². The molecule has 1 aromatic rings. The number of methoxy groups -OCH3 is 2. The Morgan fingerprint density at radius 2 is 2.06 bits per heavy atom. The second kappa shape index (κ2) is 5.53. The van der Waals surface area contributed by atoms with Crippen LogP contribution in [0, 0.1) is 5.92 Å². The van der Waals surface area contributed by atoms with Crippen molar-refractivity contribution in [2.75, 3.05) is 14.2 Å². The van der Waals surface area contributed by atoms with E-state index in [0.717, 1.165) is 18.4 Å². The third-order valence-electron chi connectivity index (χ3n) is 2.74. The van der Waals surface area contributed by atoms with E-state index in [1.165, 1.54) is 0 Å². The number of carbonyl (C=O) groups is 1. The first-order valence-electron chi connectivity index (χ1n) is 5.79. The molecule has 0 aromatic heterocycles. The molecule has 1 N–H and O–H groups in total. The SMILES string of the molecule is COc1ccc(C=NNC(=O)C2CC2)cc1OC. The lowest BCUT2D eigenvalue weighted by atomic mass is 10.2. The molecular formula is C13H16N2O3. The molecule has 0 heterocycles. The van der Waals surface area contributed by atoms with Gasteiger partial charge in [0.05, 0.1) is 20.4 Å². The van der Waals surface area contributed by atoms with Crippen LogP contribution in [0.4, 0.5) is 0 Å². The fourth-order valence-electron chi connectivity index (χ4n) is 1.54.